The summed E-state index contributed by atoms with van der Waals surface area (Å²) in [5.74, 6) is 1.50. The lowest BCUT2D eigenvalue weighted by Crippen LogP contribution is -2.03. The molecule has 17 heavy (non-hydrogen) atoms. The van der Waals surface area contributed by atoms with Gasteiger partial charge in [0.05, 0.1) is 7.11 Å². The Balaban J connectivity index is 2.10. The number of ether oxygens (including phenoxy) is 1. The minimum atomic E-state index is 0.703. The summed E-state index contributed by atoms with van der Waals surface area (Å²) in [5, 5.41) is 3.26. The Morgan fingerprint density at radius 1 is 1.24 bits per heavy atom. The molecule has 88 valence electrons. The number of hydrogen-bond acceptors (Lipinski definition) is 3. The molecule has 0 saturated carbocycles. The number of halogens is 1. The summed E-state index contributed by atoms with van der Waals surface area (Å²) in [6, 6.07) is 11.8. The van der Waals surface area contributed by atoms with Crippen LogP contribution >= 0.6 is 15.9 Å². The van der Waals surface area contributed by atoms with Crippen molar-refractivity contribution in [2.75, 3.05) is 12.4 Å². The van der Waals surface area contributed by atoms with E-state index in [4.69, 9.17) is 4.74 Å². The van der Waals surface area contributed by atoms with Gasteiger partial charge < -0.3 is 10.1 Å². The van der Waals surface area contributed by atoms with Gasteiger partial charge in [-0.3, -0.25) is 0 Å². The summed E-state index contributed by atoms with van der Waals surface area (Å²) in [4.78, 5) is 4.24. The van der Waals surface area contributed by atoms with Gasteiger partial charge in [0.1, 0.15) is 0 Å². The Kier molecular flexibility index (Phi) is 3.98. The molecule has 0 radical (unpaired) electrons. The van der Waals surface area contributed by atoms with Crippen molar-refractivity contribution in [2.45, 2.75) is 6.54 Å². The van der Waals surface area contributed by atoms with Gasteiger partial charge in [0, 0.05) is 17.2 Å². The number of anilines is 1. The number of aromatic nitrogens is 1. The van der Waals surface area contributed by atoms with E-state index in [-0.39, 0.29) is 0 Å². The molecule has 1 aromatic heterocycles. The molecule has 0 fully saturated rings. The van der Waals surface area contributed by atoms with Crippen molar-refractivity contribution in [3.8, 4) is 5.75 Å². The summed E-state index contributed by atoms with van der Waals surface area (Å²) in [6.45, 7) is 0.703. The van der Waals surface area contributed by atoms with Crippen LogP contribution in [0.5, 0.6) is 5.75 Å². The molecule has 1 N–H and O–H groups in total. The van der Waals surface area contributed by atoms with E-state index in [1.807, 2.05) is 30.3 Å². The van der Waals surface area contributed by atoms with E-state index in [1.54, 1.807) is 13.3 Å². The lowest BCUT2D eigenvalue weighted by atomic mass is 10.2. The van der Waals surface area contributed by atoms with E-state index in [2.05, 4.69) is 32.3 Å². The first-order valence-electron chi connectivity index (χ1n) is 5.27. The van der Waals surface area contributed by atoms with Crippen LogP contribution in [0.1, 0.15) is 5.56 Å². The van der Waals surface area contributed by atoms with Crippen molar-refractivity contribution in [3.05, 3.63) is 52.6 Å². The maximum atomic E-state index is 5.23. The van der Waals surface area contributed by atoms with Gasteiger partial charge in [-0.25, -0.2) is 4.98 Å². The number of nitrogens with one attached hydrogen (secondary N) is 1. The number of pyridine rings is 1. The summed E-state index contributed by atoms with van der Waals surface area (Å²) in [5.41, 5.74) is 1.18. The molecular weight excluding hydrogens is 280 g/mol. The predicted molar refractivity (Wildman–Crippen MR) is 72.3 cm³/mol. The highest BCUT2D eigenvalue weighted by molar-refractivity contribution is 9.10. The first-order chi connectivity index (χ1) is 8.31. The van der Waals surface area contributed by atoms with Gasteiger partial charge in [0.15, 0.2) is 11.6 Å². The van der Waals surface area contributed by atoms with Crippen molar-refractivity contribution < 1.29 is 4.74 Å². The number of nitrogens with zero attached hydrogens (tertiary/aromatic N) is 1. The monoisotopic (exact) mass is 292 g/mol. The van der Waals surface area contributed by atoms with Crippen LogP contribution in [0, 0.1) is 0 Å². The topological polar surface area (TPSA) is 34.1 Å². The smallest absolute Gasteiger partial charge is 0.168 e. The van der Waals surface area contributed by atoms with E-state index < -0.39 is 0 Å². The first-order valence-corrected chi connectivity index (χ1v) is 6.07. The van der Waals surface area contributed by atoms with Crippen molar-refractivity contribution in [1.82, 2.24) is 4.98 Å². The average Bonchev–Trinajstić information content (AvgIpc) is 2.38. The fraction of sp³-hybridized carbons (Fsp3) is 0.154. The average molecular weight is 293 g/mol. The molecule has 0 aliphatic rings. The summed E-state index contributed by atoms with van der Waals surface area (Å²) in [6.07, 6.45) is 1.74. The van der Waals surface area contributed by atoms with Crippen LogP contribution in [-0.4, -0.2) is 12.1 Å². The van der Waals surface area contributed by atoms with E-state index in [0.29, 0.717) is 6.54 Å². The van der Waals surface area contributed by atoms with Crippen LogP contribution in [-0.2, 0) is 6.54 Å². The third-order valence-electron chi connectivity index (χ3n) is 2.39. The molecule has 1 heterocycles. The second kappa shape index (κ2) is 5.68. The highest BCUT2D eigenvalue weighted by atomic mass is 79.9. The Morgan fingerprint density at radius 3 is 2.82 bits per heavy atom. The number of benzene rings is 1. The zero-order valence-corrected chi connectivity index (χ0v) is 11.1. The highest BCUT2D eigenvalue weighted by Gasteiger charge is 2.03. The van der Waals surface area contributed by atoms with Crippen molar-refractivity contribution >= 4 is 21.7 Å². The van der Waals surface area contributed by atoms with Gasteiger partial charge in [0.25, 0.3) is 0 Å². The SMILES string of the molecule is COc1cccnc1NCc1ccccc1Br. The molecule has 0 amide bonds. The number of rotatable bonds is 4. The standard InChI is InChI=1S/C13H13BrN2O/c1-17-12-7-4-8-15-13(12)16-9-10-5-2-3-6-11(10)14/h2-8H,9H2,1H3,(H,15,16). The Bertz CT molecular complexity index is 502. The van der Waals surface area contributed by atoms with Crippen LogP contribution in [0.2, 0.25) is 0 Å². The van der Waals surface area contributed by atoms with Crippen LogP contribution in [0.15, 0.2) is 47.1 Å². The molecule has 0 spiro atoms. The maximum Gasteiger partial charge on any atom is 0.168 e. The van der Waals surface area contributed by atoms with Crippen LogP contribution in [0.3, 0.4) is 0 Å². The van der Waals surface area contributed by atoms with Crippen LogP contribution < -0.4 is 10.1 Å². The number of methoxy groups -OCH3 is 1. The quantitative estimate of drug-likeness (QED) is 0.937. The highest BCUT2D eigenvalue weighted by Crippen LogP contribution is 2.22. The summed E-state index contributed by atoms with van der Waals surface area (Å²) < 4.78 is 6.31. The molecule has 0 bridgehead atoms. The van der Waals surface area contributed by atoms with Crippen molar-refractivity contribution in [3.63, 3.8) is 0 Å². The lowest BCUT2D eigenvalue weighted by molar-refractivity contribution is 0.415. The van der Waals surface area contributed by atoms with Gasteiger partial charge in [-0.15, -0.1) is 0 Å². The predicted octanol–water partition coefficient (Wildman–Crippen LogP) is 3.46. The first kappa shape index (κ1) is 11.9. The molecule has 2 aromatic rings. The Morgan fingerprint density at radius 2 is 2.06 bits per heavy atom. The van der Waals surface area contributed by atoms with Crippen LogP contribution in [0.4, 0.5) is 5.82 Å². The van der Waals surface area contributed by atoms with E-state index in [0.717, 1.165) is 16.0 Å². The van der Waals surface area contributed by atoms with Gasteiger partial charge in [-0.1, -0.05) is 34.1 Å². The van der Waals surface area contributed by atoms with E-state index in [9.17, 15) is 0 Å². The van der Waals surface area contributed by atoms with Gasteiger partial charge in [0.2, 0.25) is 0 Å². The molecular formula is C13H13BrN2O. The molecule has 1 aromatic carbocycles. The molecule has 0 unspecified atom stereocenters. The largest absolute Gasteiger partial charge is 0.493 e. The third kappa shape index (κ3) is 2.97. The van der Waals surface area contributed by atoms with Crippen molar-refractivity contribution in [2.24, 2.45) is 0 Å². The van der Waals surface area contributed by atoms with Crippen molar-refractivity contribution in [1.29, 1.82) is 0 Å². The summed E-state index contributed by atoms with van der Waals surface area (Å²) >= 11 is 3.51. The summed E-state index contributed by atoms with van der Waals surface area (Å²) in [7, 11) is 1.64. The zero-order valence-electron chi connectivity index (χ0n) is 9.48. The maximum absolute atomic E-state index is 5.23. The fourth-order valence-corrected chi connectivity index (χ4v) is 1.93. The zero-order chi connectivity index (χ0) is 12.1. The van der Waals surface area contributed by atoms with Gasteiger partial charge in [-0.05, 0) is 23.8 Å². The van der Waals surface area contributed by atoms with Gasteiger partial charge >= 0.3 is 0 Å². The normalized spacial score (nSPS) is 10.0. The van der Waals surface area contributed by atoms with Gasteiger partial charge in [-0.2, -0.15) is 0 Å². The molecule has 0 aliphatic heterocycles. The second-order valence-corrected chi connectivity index (χ2v) is 4.35. The molecule has 2 rings (SSSR count). The Hall–Kier alpha value is -1.55. The number of hydrogen-bond donors (Lipinski definition) is 1. The fourth-order valence-electron chi connectivity index (χ4n) is 1.51. The van der Waals surface area contributed by atoms with E-state index >= 15 is 0 Å². The molecule has 0 atom stereocenters. The molecule has 3 nitrogen and oxygen atoms in total. The second-order valence-electron chi connectivity index (χ2n) is 3.50. The minimum absolute atomic E-state index is 0.703. The molecule has 0 aliphatic carbocycles. The third-order valence-corrected chi connectivity index (χ3v) is 3.17. The minimum Gasteiger partial charge on any atom is -0.493 e. The molecule has 4 heteroatoms. The van der Waals surface area contributed by atoms with Crippen LogP contribution in [0.25, 0.3) is 0 Å². The Labute approximate surface area is 109 Å². The lowest BCUT2D eigenvalue weighted by Gasteiger charge is -2.10. The van der Waals surface area contributed by atoms with E-state index in [1.165, 1.54) is 5.56 Å². The molecule has 0 saturated heterocycles.